The highest BCUT2D eigenvalue weighted by Crippen LogP contribution is 2.46. The number of aliphatic hydroxyl groups excluding tert-OH is 1. The van der Waals surface area contributed by atoms with Crippen molar-refractivity contribution in [2.24, 2.45) is 5.92 Å². The molecule has 7 heteroatoms. The monoisotopic (exact) mass is 386 g/mol. The second kappa shape index (κ2) is 6.99. The molecule has 1 aromatic rings. The number of β-lactam (4-membered cyclic amide) rings is 1. The van der Waals surface area contributed by atoms with E-state index in [1.807, 2.05) is 24.3 Å². The highest BCUT2D eigenvalue weighted by molar-refractivity contribution is 6.05. The van der Waals surface area contributed by atoms with Gasteiger partial charge in [0.05, 0.1) is 50.0 Å². The number of aliphatic carboxylic acids is 1. The van der Waals surface area contributed by atoms with E-state index in [-0.39, 0.29) is 17.6 Å². The minimum Gasteiger partial charge on any atom is -0.543 e. The summed E-state index contributed by atoms with van der Waals surface area (Å²) in [5.74, 6) is -2.22. The number of rotatable bonds is 5. The summed E-state index contributed by atoms with van der Waals surface area (Å²) in [6, 6.07) is 7.60. The van der Waals surface area contributed by atoms with Gasteiger partial charge >= 0.3 is 0 Å². The molecule has 0 saturated carbocycles. The third-order valence-corrected chi connectivity index (χ3v) is 6.34. The highest BCUT2D eigenvalue weighted by atomic mass is 16.5. The van der Waals surface area contributed by atoms with Crippen molar-refractivity contribution in [3.8, 4) is 0 Å². The molecule has 3 aliphatic heterocycles. The minimum absolute atomic E-state index is 0.0492. The van der Waals surface area contributed by atoms with E-state index in [9.17, 15) is 19.8 Å². The lowest BCUT2D eigenvalue weighted by molar-refractivity contribution is -0.929. The first kappa shape index (κ1) is 19.1. The molecule has 7 nitrogen and oxygen atoms in total. The van der Waals surface area contributed by atoms with E-state index < -0.39 is 18.0 Å². The lowest BCUT2D eigenvalue weighted by Gasteiger charge is -2.45. The first-order valence-corrected chi connectivity index (χ1v) is 9.77. The number of aliphatic hydroxyl groups is 1. The van der Waals surface area contributed by atoms with Gasteiger partial charge in [0.1, 0.15) is 19.6 Å². The van der Waals surface area contributed by atoms with E-state index in [2.05, 4.69) is 7.05 Å². The van der Waals surface area contributed by atoms with Crippen molar-refractivity contribution in [3.63, 3.8) is 0 Å². The molecule has 2 saturated heterocycles. The summed E-state index contributed by atoms with van der Waals surface area (Å²) in [4.78, 5) is 25.3. The first-order valence-electron chi connectivity index (χ1n) is 9.77. The maximum Gasteiger partial charge on any atom is 0.235 e. The van der Waals surface area contributed by atoms with E-state index in [1.165, 1.54) is 10.5 Å². The average Bonchev–Trinajstić information content (AvgIpc) is 2.97. The van der Waals surface area contributed by atoms with E-state index in [0.29, 0.717) is 12.0 Å². The van der Waals surface area contributed by atoms with Crippen LogP contribution < -0.4 is 5.11 Å². The molecule has 1 aromatic carbocycles. The maximum atomic E-state index is 12.3. The number of ether oxygens (including phenoxy) is 1. The molecule has 0 spiro atoms. The van der Waals surface area contributed by atoms with Crippen LogP contribution in [0.25, 0.3) is 5.57 Å². The number of carboxylic acids is 1. The molecule has 1 amide bonds. The highest BCUT2D eigenvalue weighted by Gasteiger charge is 2.55. The molecule has 0 unspecified atom stereocenters. The van der Waals surface area contributed by atoms with E-state index in [0.717, 1.165) is 42.9 Å². The number of hydrogen-bond donors (Lipinski definition) is 1. The smallest absolute Gasteiger partial charge is 0.235 e. The normalized spacial score (nSPS) is 27.4. The fraction of sp³-hybridized carbons (Fsp3) is 0.524. The molecular weight excluding hydrogens is 360 g/mol. The van der Waals surface area contributed by atoms with Crippen LogP contribution in [-0.2, 0) is 20.9 Å². The molecule has 1 N–H and O–H groups in total. The van der Waals surface area contributed by atoms with Crippen LogP contribution in [0.5, 0.6) is 0 Å². The Bertz CT molecular complexity index is 824. The van der Waals surface area contributed by atoms with Crippen LogP contribution in [0.3, 0.4) is 0 Å². The van der Waals surface area contributed by atoms with Crippen molar-refractivity contribution >= 4 is 17.4 Å². The fourth-order valence-electron chi connectivity index (χ4n) is 4.71. The zero-order valence-electron chi connectivity index (χ0n) is 16.3. The number of fused-ring (bicyclic) bond motifs is 1. The minimum atomic E-state index is -1.34. The summed E-state index contributed by atoms with van der Waals surface area (Å²) in [5.41, 5.74) is 2.54. The largest absolute Gasteiger partial charge is 0.543 e. The van der Waals surface area contributed by atoms with Gasteiger partial charge in [-0.1, -0.05) is 24.3 Å². The Labute approximate surface area is 164 Å². The van der Waals surface area contributed by atoms with Crippen LogP contribution in [0.2, 0.25) is 0 Å². The molecular formula is C21H26N2O5. The number of carboxylic acid groups (broad SMARTS) is 1. The first-order chi connectivity index (χ1) is 13.3. The Morgan fingerprint density at radius 2 is 1.96 bits per heavy atom. The van der Waals surface area contributed by atoms with Crippen LogP contribution in [-0.4, -0.2) is 71.9 Å². The average molecular weight is 386 g/mol. The molecule has 0 aromatic heterocycles. The summed E-state index contributed by atoms with van der Waals surface area (Å²) in [7, 11) is 2.22. The van der Waals surface area contributed by atoms with Crippen molar-refractivity contribution < 1.29 is 29.0 Å². The number of hydrogen-bond acceptors (Lipinski definition) is 5. The number of carbonyl (C=O) groups excluding carboxylic acids is 2. The molecule has 150 valence electrons. The molecule has 3 atom stereocenters. The summed E-state index contributed by atoms with van der Waals surface area (Å²) < 4.78 is 6.37. The van der Waals surface area contributed by atoms with Crippen molar-refractivity contribution in [1.82, 2.24) is 4.90 Å². The number of quaternary nitrogens is 1. The SMILES string of the molecule is C[C@@H](O)[C@H]1C(=O)N2C(C(=O)[O-])=C(c3ccc(C[N+]4(C)CCOCC4)cc3)C[C@H]12. The van der Waals surface area contributed by atoms with Gasteiger partial charge in [-0.3, -0.25) is 4.79 Å². The molecule has 0 radical (unpaired) electrons. The molecule has 28 heavy (non-hydrogen) atoms. The third-order valence-electron chi connectivity index (χ3n) is 6.34. The van der Waals surface area contributed by atoms with Crippen LogP contribution in [0, 0.1) is 5.92 Å². The van der Waals surface area contributed by atoms with E-state index >= 15 is 0 Å². The summed E-state index contributed by atoms with van der Waals surface area (Å²) in [5, 5.41) is 21.6. The number of morpholine rings is 1. The second-order valence-electron chi connectivity index (χ2n) is 8.39. The molecule has 0 aliphatic carbocycles. The third kappa shape index (κ3) is 3.13. The summed E-state index contributed by atoms with van der Waals surface area (Å²) in [6.07, 6.45) is -0.369. The Morgan fingerprint density at radius 3 is 2.54 bits per heavy atom. The van der Waals surface area contributed by atoms with Crippen molar-refractivity contribution in [1.29, 1.82) is 0 Å². The van der Waals surface area contributed by atoms with Crippen LogP contribution in [0.4, 0.5) is 0 Å². The Hall–Kier alpha value is -2.22. The molecule has 2 fully saturated rings. The predicted octanol–water partition coefficient (Wildman–Crippen LogP) is -0.264. The van der Waals surface area contributed by atoms with Gasteiger partial charge in [-0.2, -0.15) is 0 Å². The molecule has 3 aliphatic rings. The standard InChI is InChI=1S/C21H26N2O5/c1-13(24)18-17-11-16(19(21(26)27)22(17)20(18)25)15-5-3-14(4-6-15)12-23(2)7-9-28-10-8-23/h3-6,13,17-18,24H,7-12H2,1-2H3/t13-,17-,18-/m1/s1. The molecule has 0 bridgehead atoms. The number of benzene rings is 1. The maximum absolute atomic E-state index is 12.3. The number of nitrogens with zero attached hydrogens (tertiary/aromatic N) is 2. The van der Waals surface area contributed by atoms with Gasteiger partial charge in [0, 0.05) is 5.56 Å². The predicted molar refractivity (Wildman–Crippen MR) is 99.2 cm³/mol. The number of likely N-dealkylation sites (N-methyl/N-ethyl adjacent to an activating group) is 1. The van der Waals surface area contributed by atoms with Crippen molar-refractivity contribution in [2.75, 3.05) is 33.4 Å². The molecule has 3 heterocycles. The lowest BCUT2D eigenvalue weighted by Crippen LogP contribution is -2.62. The summed E-state index contributed by atoms with van der Waals surface area (Å²) >= 11 is 0. The van der Waals surface area contributed by atoms with Crippen molar-refractivity contribution in [2.45, 2.75) is 32.0 Å². The van der Waals surface area contributed by atoms with E-state index in [1.54, 1.807) is 6.92 Å². The van der Waals surface area contributed by atoms with Crippen LogP contribution in [0.1, 0.15) is 24.5 Å². The van der Waals surface area contributed by atoms with Gasteiger partial charge in [0.15, 0.2) is 0 Å². The Morgan fingerprint density at radius 1 is 1.32 bits per heavy atom. The number of amides is 1. The Kier molecular flexibility index (Phi) is 4.77. The van der Waals surface area contributed by atoms with Gasteiger partial charge in [0.2, 0.25) is 5.91 Å². The topological polar surface area (TPSA) is 89.9 Å². The summed E-state index contributed by atoms with van der Waals surface area (Å²) in [6.45, 7) is 5.95. The van der Waals surface area contributed by atoms with Gasteiger partial charge in [-0.15, -0.1) is 0 Å². The fourth-order valence-corrected chi connectivity index (χ4v) is 4.71. The van der Waals surface area contributed by atoms with Gasteiger partial charge in [-0.05, 0) is 24.5 Å². The van der Waals surface area contributed by atoms with Crippen LogP contribution in [0.15, 0.2) is 30.0 Å². The zero-order valence-corrected chi connectivity index (χ0v) is 16.3. The molecule has 4 rings (SSSR count). The zero-order chi connectivity index (χ0) is 20.1. The van der Waals surface area contributed by atoms with E-state index in [4.69, 9.17) is 4.74 Å². The lowest BCUT2D eigenvalue weighted by atomic mass is 9.82. The quantitative estimate of drug-likeness (QED) is 0.556. The number of carbonyl (C=O) groups is 2. The Balaban J connectivity index is 1.57. The van der Waals surface area contributed by atoms with Gasteiger partial charge in [0.25, 0.3) is 0 Å². The van der Waals surface area contributed by atoms with Crippen molar-refractivity contribution in [3.05, 3.63) is 41.1 Å². The van der Waals surface area contributed by atoms with Gasteiger partial charge < -0.3 is 29.1 Å². The second-order valence-corrected chi connectivity index (χ2v) is 8.39. The van der Waals surface area contributed by atoms with Gasteiger partial charge in [-0.25, -0.2) is 0 Å². The van der Waals surface area contributed by atoms with Crippen LogP contribution >= 0.6 is 0 Å².